The second-order valence-corrected chi connectivity index (χ2v) is 14.5. The number of furan rings is 2. The molecule has 0 bridgehead atoms. The molecule has 0 spiro atoms. The second-order valence-electron chi connectivity index (χ2n) is 14.5. The molecule has 0 amide bonds. The van der Waals surface area contributed by atoms with Gasteiger partial charge in [-0.1, -0.05) is 146 Å². The summed E-state index contributed by atoms with van der Waals surface area (Å²) in [6.45, 7) is 0. The van der Waals surface area contributed by atoms with Crippen LogP contribution in [0, 0.1) is 0 Å². The molecule has 4 heteroatoms. The van der Waals surface area contributed by atoms with Crippen molar-refractivity contribution in [3.05, 3.63) is 182 Å². The molecule has 0 aliphatic carbocycles. The van der Waals surface area contributed by atoms with E-state index in [1.807, 2.05) is 24.4 Å². The van der Waals surface area contributed by atoms with Gasteiger partial charge in [-0.25, -0.2) is 4.98 Å². The minimum Gasteiger partial charge on any atom is -0.456 e. The van der Waals surface area contributed by atoms with Gasteiger partial charge >= 0.3 is 0 Å². The van der Waals surface area contributed by atoms with Gasteiger partial charge in [-0.2, -0.15) is 0 Å². The van der Waals surface area contributed by atoms with Gasteiger partial charge in [-0.05, 0) is 68.9 Å². The molecule has 0 aliphatic heterocycles. The van der Waals surface area contributed by atoms with Crippen molar-refractivity contribution in [3.63, 3.8) is 0 Å². The zero-order chi connectivity index (χ0) is 36.7. The van der Waals surface area contributed by atoms with Crippen molar-refractivity contribution in [3.8, 4) is 44.6 Å². The highest BCUT2D eigenvalue weighted by Crippen LogP contribution is 2.42. The van der Waals surface area contributed by atoms with Crippen LogP contribution in [-0.4, -0.2) is 9.97 Å². The Labute approximate surface area is 320 Å². The fourth-order valence-electron chi connectivity index (χ4n) is 8.63. The van der Waals surface area contributed by atoms with Crippen LogP contribution in [-0.2, 0) is 0 Å². The van der Waals surface area contributed by atoms with E-state index >= 15 is 0 Å². The van der Waals surface area contributed by atoms with E-state index in [2.05, 4.69) is 158 Å². The Balaban J connectivity index is 0.894. The molecule has 260 valence electrons. The van der Waals surface area contributed by atoms with Crippen LogP contribution in [0.5, 0.6) is 0 Å². The molecule has 3 heterocycles. The molecule has 0 saturated carbocycles. The Bertz CT molecular complexity index is 3500. The van der Waals surface area contributed by atoms with Gasteiger partial charge in [0.1, 0.15) is 22.3 Å². The van der Waals surface area contributed by atoms with E-state index in [1.54, 1.807) is 0 Å². The Kier molecular flexibility index (Phi) is 6.60. The third-order valence-corrected chi connectivity index (χ3v) is 11.3. The molecule has 3 aromatic heterocycles. The molecule has 0 aliphatic rings. The lowest BCUT2D eigenvalue weighted by molar-refractivity contribution is 0.663. The van der Waals surface area contributed by atoms with Crippen LogP contribution >= 0.6 is 0 Å². The zero-order valence-electron chi connectivity index (χ0n) is 30.0. The molecule has 12 rings (SSSR count). The number of para-hydroxylation sites is 2. The van der Waals surface area contributed by atoms with Gasteiger partial charge in [0.15, 0.2) is 0 Å². The van der Waals surface area contributed by atoms with E-state index < -0.39 is 0 Å². The summed E-state index contributed by atoms with van der Waals surface area (Å²) in [6, 6.07) is 61.8. The molecule has 0 unspecified atom stereocenters. The van der Waals surface area contributed by atoms with Crippen LogP contribution in [0.4, 0.5) is 0 Å². The fraction of sp³-hybridized carbons (Fsp3) is 0. The highest BCUT2D eigenvalue weighted by Gasteiger charge is 2.18. The lowest BCUT2D eigenvalue weighted by atomic mass is 9.95. The average Bonchev–Trinajstić information content (AvgIpc) is 3.85. The molecule has 0 fully saturated rings. The maximum absolute atomic E-state index is 6.73. The van der Waals surface area contributed by atoms with Crippen molar-refractivity contribution in [2.24, 2.45) is 0 Å². The van der Waals surface area contributed by atoms with E-state index in [4.69, 9.17) is 18.8 Å². The first kappa shape index (κ1) is 30.9. The first-order chi connectivity index (χ1) is 27.7. The molecule has 9 aromatic carbocycles. The highest BCUT2D eigenvalue weighted by molar-refractivity contribution is 6.24. The summed E-state index contributed by atoms with van der Waals surface area (Å²) in [5.74, 6) is 0. The van der Waals surface area contributed by atoms with E-state index in [0.717, 1.165) is 110 Å². The predicted octanol–water partition coefficient (Wildman–Crippen LogP) is 14.4. The van der Waals surface area contributed by atoms with E-state index in [0.29, 0.717) is 0 Å². The van der Waals surface area contributed by atoms with Crippen LogP contribution in [0.3, 0.4) is 0 Å². The summed E-state index contributed by atoms with van der Waals surface area (Å²) in [5.41, 5.74) is 13.9. The fourth-order valence-corrected chi connectivity index (χ4v) is 8.63. The van der Waals surface area contributed by atoms with Gasteiger partial charge in [0.05, 0.1) is 28.3 Å². The Morgan fingerprint density at radius 2 is 0.911 bits per heavy atom. The molecule has 4 nitrogen and oxygen atoms in total. The number of rotatable bonds is 4. The third kappa shape index (κ3) is 4.66. The number of aromatic nitrogens is 2. The van der Waals surface area contributed by atoms with Crippen molar-refractivity contribution in [2.45, 2.75) is 0 Å². The molecule has 0 saturated heterocycles. The van der Waals surface area contributed by atoms with Gasteiger partial charge in [-0.3, -0.25) is 4.98 Å². The van der Waals surface area contributed by atoms with Crippen LogP contribution in [0.15, 0.2) is 191 Å². The standard InChI is InChI=1S/C52H30N2O2/c1-3-16-40-38(14-1)39-15-2-4-17-41(39)50-49(40)53-30-45(54-50)36-13-8-12-35(29-36)34-11-7-10-33(28-34)31-22-24-32(25-23-31)37-19-9-20-42-43-26-27-47-48(52(43)56-51(37)42)44-18-5-6-21-46(44)55-47/h1-30H. The molecule has 0 N–H and O–H groups in total. The van der Waals surface area contributed by atoms with Crippen molar-refractivity contribution in [2.75, 3.05) is 0 Å². The molecule has 0 radical (unpaired) electrons. The smallest absolute Gasteiger partial charge is 0.147 e. The average molecular weight is 715 g/mol. The Hall–Kier alpha value is -7.56. The van der Waals surface area contributed by atoms with Crippen LogP contribution in [0.1, 0.15) is 0 Å². The van der Waals surface area contributed by atoms with Crippen molar-refractivity contribution in [1.29, 1.82) is 0 Å². The maximum Gasteiger partial charge on any atom is 0.147 e. The summed E-state index contributed by atoms with van der Waals surface area (Å²) >= 11 is 0. The molecule has 56 heavy (non-hydrogen) atoms. The van der Waals surface area contributed by atoms with Crippen LogP contribution < -0.4 is 0 Å². The quantitative estimate of drug-likeness (QED) is 0.170. The van der Waals surface area contributed by atoms with Crippen molar-refractivity contribution < 1.29 is 8.83 Å². The van der Waals surface area contributed by atoms with Crippen molar-refractivity contribution in [1.82, 2.24) is 9.97 Å². The summed E-state index contributed by atoms with van der Waals surface area (Å²) < 4.78 is 12.9. The topological polar surface area (TPSA) is 52.1 Å². The number of hydrogen-bond acceptors (Lipinski definition) is 4. The van der Waals surface area contributed by atoms with Crippen molar-refractivity contribution >= 4 is 76.5 Å². The number of fused-ring (bicyclic) bond motifs is 13. The normalized spacial score (nSPS) is 11.9. The van der Waals surface area contributed by atoms with Crippen LogP contribution in [0.25, 0.3) is 121 Å². The number of benzene rings is 9. The largest absolute Gasteiger partial charge is 0.456 e. The van der Waals surface area contributed by atoms with E-state index in [9.17, 15) is 0 Å². The zero-order valence-corrected chi connectivity index (χ0v) is 30.0. The second kappa shape index (κ2) is 12.0. The number of nitrogens with zero attached hydrogens (tertiary/aromatic N) is 2. The van der Waals surface area contributed by atoms with E-state index in [-0.39, 0.29) is 0 Å². The summed E-state index contributed by atoms with van der Waals surface area (Å²) in [7, 11) is 0. The molecular formula is C52H30N2O2. The van der Waals surface area contributed by atoms with Crippen LogP contribution in [0.2, 0.25) is 0 Å². The van der Waals surface area contributed by atoms with Gasteiger partial charge in [0.2, 0.25) is 0 Å². The first-order valence-corrected chi connectivity index (χ1v) is 18.9. The molecule has 0 atom stereocenters. The van der Waals surface area contributed by atoms with Gasteiger partial charge < -0.3 is 8.83 Å². The van der Waals surface area contributed by atoms with Gasteiger partial charge in [0, 0.05) is 38.1 Å². The minimum absolute atomic E-state index is 0.836. The lowest BCUT2D eigenvalue weighted by Crippen LogP contribution is -1.92. The molecule has 12 aromatic rings. The SMILES string of the molecule is c1cc(-c2ccc(-c3cccc4c3oc3c4ccc4oc5ccccc5c43)cc2)cc(-c2cccc(-c3cnc4c5ccccc5c5ccccc5c4n3)c2)c1. The van der Waals surface area contributed by atoms with Gasteiger partial charge in [0.25, 0.3) is 0 Å². The van der Waals surface area contributed by atoms with Gasteiger partial charge in [-0.15, -0.1) is 0 Å². The third-order valence-electron chi connectivity index (χ3n) is 11.3. The Morgan fingerprint density at radius 1 is 0.339 bits per heavy atom. The maximum atomic E-state index is 6.73. The Morgan fingerprint density at radius 3 is 1.68 bits per heavy atom. The summed E-state index contributed by atoms with van der Waals surface area (Å²) in [6.07, 6.45) is 1.91. The summed E-state index contributed by atoms with van der Waals surface area (Å²) in [4.78, 5) is 10.2. The highest BCUT2D eigenvalue weighted by atomic mass is 16.3. The first-order valence-electron chi connectivity index (χ1n) is 18.9. The summed E-state index contributed by atoms with van der Waals surface area (Å²) in [5, 5.41) is 8.90. The predicted molar refractivity (Wildman–Crippen MR) is 231 cm³/mol. The molecular weight excluding hydrogens is 685 g/mol. The lowest BCUT2D eigenvalue weighted by Gasteiger charge is -2.11. The minimum atomic E-state index is 0.836. The monoisotopic (exact) mass is 714 g/mol. The van der Waals surface area contributed by atoms with E-state index in [1.165, 1.54) is 10.8 Å². The number of hydrogen-bond donors (Lipinski definition) is 0.